The lowest BCUT2D eigenvalue weighted by molar-refractivity contribution is 0.0696. The number of anilines is 2. The number of hydrogen-bond acceptors (Lipinski definition) is 2. The number of hydrogen-bond donors (Lipinski definition) is 2. The van der Waals surface area contributed by atoms with E-state index in [1.54, 1.807) is 12.1 Å². The van der Waals surface area contributed by atoms with Crippen LogP contribution < -0.4 is 10.2 Å². The molecule has 0 bridgehead atoms. The summed E-state index contributed by atoms with van der Waals surface area (Å²) >= 11 is 0. The molecule has 1 heterocycles. The molecule has 3 rings (SSSR count). The highest BCUT2D eigenvalue weighted by Crippen LogP contribution is 2.31. The zero-order valence-corrected chi connectivity index (χ0v) is 11.5. The van der Waals surface area contributed by atoms with E-state index >= 15 is 0 Å². The molecule has 2 N–H and O–H groups in total. The summed E-state index contributed by atoms with van der Waals surface area (Å²) in [6.45, 7) is 0.409. The highest BCUT2D eigenvalue weighted by molar-refractivity contribution is 6.04. The Kier molecular flexibility index (Phi) is 3.50. The summed E-state index contributed by atoms with van der Waals surface area (Å²) in [5.74, 6) is -1.38. The van der Waals surface area contributed by atoms with E-state index in [1.807, 2.05) is 0 Å². The van der Waals surface area contributed by atoms with Crippen LogP contribution >= 0.6 is 0 Å². The number of nitrogens with one attached hydrogen (secondary N) is 1. The van der Waals surface area contributed by atoms with Gasteiger partial charge in [-0.05, 0) is 48.4 Å². The number of carboxylic acid groups (broad SMARTS) is 1. The van der Waals surface area contributed by atoms with Gasteiger partial charge in [0.05, 0.1) is 5.56 Å². The molecule has 0 saturated carbocycles. The lowest BCUT2D eigenvalue weighted by atomic mass is 10.1. The zero-order chi connectivity index (χ0) is 15.7. The molecule has 0 unspecified atom stereocenters. The number of halogens is 1. The van der Waals surface area contributed by atoms with Gasteiger partial charge in [-0.25, -0.2) is 14.0 Å². The van der Waals surface area contributed by atoms with E-state index in [2.05, 4.69) is 5.32 Å². The lowest BCUT2D eigenvalue weighted by Gasteiger charge is -2.18. The molecule has 2 aromatic carbocycles. The number of fused-ring (bicyclic) bond motifs is 1. The predicted octanol–water partition coefficient (Wildman–Crippen LogP) is 3.12. The first-order valence-electron chi connectivity index (χ1n) is 6.75. The van der Waals surface area contributed by atoms with E-state index in [0.717, 1.165) is 0 Å². The highest BCUT2D eigenvalue weighted by Gasteiger charge is 2.28. The maximum atomic E-state index is 12.9. The van der Waals surface area contributed by atoms with Crippen molar-refractivity contribution < 1.29 is 19.1 Å². The van der Waals surface area contributed by atoms with Gasteiger partial charge in [0.1, 0.15) is 5.82 Å². The van der Waals surface area contributed by atoms with Crippen LogP contribution in [0.4, 0.5) is 20.6 Å². The van der Waals surface area contributed by atoms with Gasteiger partial charge in [0.25, 0.3) is 0 Å². The molecule has 6 heteroatoms. The quantitative estimate of drug-likeness (QED) is 0.895. The fourth-order valence-electron chi connectivity index (χ4n) is 2.57. The standard InChI is InChI=1S/C16H13FN2O3/c17-10-4-6-11(7-5-10)18-16(22)19-9-8-12-13(15(20)21)2-1-3-14(12)19/h1-7H,8-9H2,(H,18,22)(H,20,21). The molecule has 112 valence electrons. The van der Waals surface area contributed by atoms with E-state index in [0.29, 0.717) is 29.9 Å². The normalized spacial score (nSPS) is 12.9. The van der Waals surface area contributed by atoms with Crippen molar-refractivity contribution in [3.8, 4) is 0 Å². The maximum Gasteiger partial charge on any atom is 0.336 e. The molecule has 0 saturated heterocycles. The van der Waals surface area contributed by atoms with Crippen LogP contribution in [0.25, 0.3) is 0 Å². The predicted molar refractivity (Wildman–Crippen MR) is 79.9 cm³/mol. The Labute approximate surface area is 126 Å². The van der Waals surface area contributed by atoms with Crippen molar-refractivity contribution in [3.63, 3.8) is 0 Å². The van der Waals surface area contributed by atoms with Gasteiger partial charge >= 0.3 is 12.0 Å². The number of carbonyl (C=O) groups excluding carboxylic acids is 1. The molecule has 5 nitrogen and oxygen atoms in total. The average molecular weight is 300 g/mol. The smallest absolute Gasteiger partial charge is 0.336 e. The second kappa shape index (κ2) is 5.48. The summed E-state index contributed by atoms with van der Waals surface area (Å²) in [6.07, 6.45) is 0.495. The van der Waals surface area contributed by atoms with Gasteiger partial charge in [-0.15, -0.1) is 0 Å². The number of carboxylic acids is 1. The van der Waals surface area contributed by atoms with Gasteiger partial charge in [-0.2, -0.15) is 0 Å². The Morgan fingerprint density at radius 1 is 1.14 bits per heavy atom. The van der Waals surface area contributed by atoms with Crippen molar-refractivity contribution >= 4 is 23.4 Å². The van der Waals surface area contributed by atoms with Gasteiger partial charge in [0, 0.05) is 17.9 Å². The molecule has 0 spiro atoms. The monoisotopic (exact) mass is 300 g/mol. The molecule has 0 aliphatic carbocycles. The number of aromatic carboxylic acids is 1. The molecule has 22 heavy (non-hydrogen) atoms. The van der Waals surface area contributed by atoms with Crippen LogP contribution in [0.1, 0.15) is 15.9 Å². The molecule has 1 aliphatic rings. The number of urea groups is 1. The minimum Gasteiger partial charge on any atom is -0.478 e. The molecule has 2 aromatic rings. The summed E-state index contributed by atoms with van der Waals surface area (Å²) in [4.78, 5) is 25.0. The molecule has 0 radical (unpaired) electrons. The Bertz CT molecular complexity index is 744. The van der Waals surface area contributed by atoms with Crippen LogP contribution in [-0.4, -0.2) is 23.7 Å². The fraction of sp³-hybridized carbons (Fsp3) is 0.125. The summed E-state index contributed by atoms with van der Waals surface area (Å²) in [7, 11) is 0. The second-order valence-corrected chi connectivity index (χ2v) is 4.95. The topological polar surface area (TPSA) is 69.6 Å². The number of amides is 2. The highest BCUT2D eigenvalue weighted by atomic mass is 19.1. The van der Waals surface area contributed by atoms with Gasteiger partial charge in [0.15, 0.2) is 0 Å². The molecule has 0 fully saturated rings. The largest absolute Gasteiger partial charge is 0.478 e. The Morgan fingerprint density at radius 3 is 2.55 bits per heavy atom. The van der Waals surface area contributed by atoms with Crippen LogP contribution in [0.2, 0.25) is 0 Å². The van der Waals surface area contributed by atoms with E-state index < -0.39 is 5.97 Å². The van der Waals surface area contributed by atoms with E-state index in [9.17, 15) is 19.1 Å². The minimum atomic E-state index is -1.00. The van der Waals surface area contributed by atoms with Crippen molar-refractivity contribution in [2.45, 2.75) is 6.42 Å². The van der Waals surface area contributed by atoms with Gasteiger partial charge in [-0.3, -0.25) is 4.90 Å². The number of nitrogens with zero attached hydrogens (tertiary/aromatic N) is 1. The summed E-state index contributed by atoms with van der Waals surface area (Å²) < 4.78 is 12.9. The van der Waals surface area contributed by atoms with E-state index in [-0.39, 0.29) is 17.4 Å². The third-order valence-electron chi connectivity index (χ3n) is 3.60. The average Bonchev–Trinajstić information content (AvgIpc) is 2.93. The summed E-state index contributed by atoms with van der Waals surface area (Å²) in [5.41, 5.74) is 1.95. The van der Waals surface area contributed by atoms with Crippen LogP contribution in [0.5, 0.6) is 0 Å². The van der Waals surface area contributed by atoms with Crippen molar-refractivity contribution in [3.05, 3.63) is 59.4 Å². The minimum absolute atomic E-state index is 0.217. The van der Waals surface area contributed by atoms with Crippen LogP contribution in [0, 0.1) is 5.82 Å². The van der Waals surface area contributed by atoms with Gasteiger partial charge in [-0.1, -0.05) is 6.07 Å². The molecular formula is C16H13FN2O3. The first kappa shape index (κ1) is 14.1. The molecular weight excluding hydrogens is 287 g/mol. The Morgan fingerprint density at radius 2 is 1.86 bits per heavy atom. The number of benzene rings is 2. The second-order valence-electron chi connectivity index (χ2n) is 4.95. The third kappa shape index (κ3) is 2.50. The molecule has 2 amide bonds. The Hall–Kier alpha value is -2.89. The summed E-state index contributed by atoms with van der Waals surface area (Å²) in [5, 5.41) is 11.9. The van der Waals surface area contributed by atoms with Crippen molar-refractivity contribution in [1.29, 1.82) is 0 Å². The van der Waals surface area contributed by atoms with Gasteiger partial charge < -0.3 is 10.4 Å². The summed E-state index contributed by atoms with van der Waals surface area (Å²) in [6, 6.07) is 9.96. The van der Waals surface area contributed by atoms with Crippen LogP contribution in [0.3, 0.4) is 0 Å². The maximum absolute atomic E-state index is 12.9. The lowest BCUT2D eigenvalue weighted by Crippen LogP contribution is -2.33. The van der Waals surface area contributed by atoms with Crippen LogP contribution in [0.15, 0.2) is 42.5 Å². The molecule has 0 atom stereocenters. The third-order valence-corrected chi connectivity index (χ3v) is 3.60. The van der Waals surface area contributed by atoms with Crippen molar-refractivity contribution in [2.24, 2.45) is 0 Å². The van der Waals surface area contributed by atoms with Crippen LogP contribution in [-0.2, 0) is 6.42 Å². The molecule has 0 aromatic heterocycles. The van der Waals surface area contributed by atoms with Crippen molar-refractivity contribution in [2.75, 3.05) is 16.8 Å². The first-order valence-corrected chi connectivity index (χ1v) is 6.75. The zero-order valence-electron chi connectivity index (χ0n) is 11.5. The first-order chi connectivity index (χ1) is 10.6. The van der Waals surface area contributed by atoms with E-state index in [1.165, 1.54) is 35.2 Å². The van der Waals surface area contributed by atoms with Gasteiger partial charge in [0.2, 0.25) is 0 Å². The molecule has 1 aliphatic heterocycles. The number of carbonyl (C=O) groups is 2. The van der Waals surface area contributed by atoms with Crippen molar-refractivity contribution in [1.82, 2.24) is 0 Å². The SMILES string of the molecule is O=C(O)c1cccc2c1CCN2C(=O)Nc1ccc(F)cc1. The Balaban J connectivity index is 1.84. The van der Waals surface area contributed by atoms with E-state index in [4.69, 9.17) is 0 Å². The number of rotatable bonds is 2. The fourth-order valence-corrected chi connectivity index (χ4v) is 2.57.